The molecule has 2 unspecified atom stereocenters. The normalized spacial score (nSPS) is 27.4. The second-order valence-corrected chi connectivity index (χ2v) is 5.86. The molecular formula is C13H27N3O. The van der Waals surface area contributed by atoms with Crippen molar-refractivity contribution in [1.29, 1.82) is 0 Å². The van der Waals surface area contributed by atoms with E-state index >= 15 is 0 Å². The molecule has 1 aliphatic heterocycles. The maximum Gasteiger partial charge on any atom is 0.227 e. The minimum atomic E-state index is -0.217. The highest BCUT2D eigenvalue weighted by molar-refractivity contribution is 5.82. The zero-order valence-corrected chi connectivity index (χ0v) is 11.6. The van der Waals surface area contributed by atoms with E-state index in [0.717, 1.165) is 32.6 Å². The van der Waals surface area contributed by atoms with Crippen LogP contribution in [-0.4, -0.2) is 44.0 Å². The lowest BCUT2D eigenvalue weighted by Crippen LogP contribution is -2.41. The number of hydrogen-bond acceptors (Lipinski definition) is 3. The summed E-state index contributed by atoms with van der Waals surface area (Å²) in [7, 11) is 1.72. The van der Waals surface area contributed by atoms with E-state index in [1.54, 1.807) is 7.05 Å². The van der Waals surface area contributed by atoms with Crippen molar-refractivity contribution < 1.29 is 4.79 Å². The molecule has 0 radical (unpaired) electrons. The largest absolute Gasteiger partial charge is 0.359 e. The fourth-order valence-electron chi connectivity index (χ4n) is 2.59. The van der Waals surface area contributed by atoms with Gasteiger partial charge < -0.3 is 16.0 Å². The van der Waals surface area contributed by atoms with Gasteiger partial charge in [-0.05, 0) is 38.3 Å². The molecule has 1 rings (SSSR count). The van der Waals surface area contributed by atoms with Crippen LogP contribution in [0.5, 0.6) is 0 Å². The average Bonchev–Trinajstić information content (AvgIpc) is 2.67. The molecule has 0 spiro atoms. The Labute approximate surface area is 105 Å². The first-order chi connectivity index (χ1) is 7.92. The van der Waals surface area contributed by atoms with Crippen LogP contribution in [0.2, 0.25) is 0 Å². The van der Waals surface area contributed by atoms with Gasteiger partial charge in [-0.15, -0.1) is 0 Å². The second kappa shape index (κ2) is 5.83. The Hall–Kier alpha value is -0.610. The van der Waals surface area contributed by atoms with Gasteiger partial charge in [0.25, 0.3) is 0 Å². The van der Waals surface area contributed by atoms with Crippen molar-refractivity contribution in [3.05, 3.63) is 0 Å². The number of rotatable bonds is 5. The van der Waals surface area contributed by atoms with Crippen molar-refractivity contribution in [3.63, 3.8) is 0 Å². The van der Waals surface area contributed by atoms with E-state index in [4.69, 9.17) is 5.73 Å². The van der Waals surface area contributed by atoms with Gasteiger partial charge in [0.2, 0.25) is 5.91 Å². The smallest absolute Gasteiger partial charge is 0.227 e. The predicted molar refractivity (Wildman–Crippen MR) is 70.6 cm³/mol. The molecule has 2 atom stereocenters. The van der Waals surface area contributed by atoms with Crippen molar-refractivity contribution >= 4 is 5.91 Å². The molecule has 0 aromatic heterocycles. The number of nitrogens with zero attached hydrogens (tertiary/aromatic N) is 1. The molecule has 3 N–H and O–H groups in total. The zero-order chi connectivity index (χ0) is 13.1. The number of nitrogens with two attached hydrogens (primary N) is 1. The van der Waals surface area contributed by atoms with Crippen LogP contribution < -0.4 is 11.1 Å². The Morgan fingerprint density at radius 2 is 2.18 bits per heavy atom. The molecule has 1 amide bonds. The SMILES string of the molecule is CNC(=O)C1(C)CCN(CC(CN)C(C)C)C1. The van der Waals surface area contributed by atoms with Gasteiger partial charge in [-0.1, -0.05) is 13.8 Å². The highest BCUT2D eigenvalue weighted by atomic mass is 16.2. The van der Waals surface area contributed by atoms with Gasteiger partial charge in [-0.3, -0.25) is 4.79 Å². The first-order valence-electron chi connectivity index (χ1n) is 6.57. The van der Waals surface area contributed by atoms with Crippen LogP contribution in [0.25, 0.3) is 0 Å². The number of likely N-dealkylation sites (tertiary alicyclic amines) is 1. The fraction of sp³-hybridized carbons (Fsp3) is 0.923. The summed E-state index contributed by atoms with van der Waals surface area (Å²) in [6.45, 7) is 10.1. The molecule has 1 heterocycles. The summed E-state index contributed by atoms with van der Waals surface area (Å²) in [6.07, 6.45) is 0.946. The number of hydrogen-bond donors (Lipinski definition) is 2. The summed E-state index contributed by atoms with van der Waals surface area (Å²) in [5.41, 5.74) is 5.58. The summed E-state index contributed by atoms with van der Waals surface area (Å²) in [5, 5.41) is 2.77. The van der Waals surface area contributed by atoms with Crippen LogP contribution in [0.3, 0.4) is 0 Å². The number of nitrogens with one attached hydrogen (secondary N) is 1. The van der Waals surface area contributed by atoms with Crippen LogP contribution in [0.1, 0.15) is 27.2 Å². The van der Waals surface area contributed by atoms with Crippen LogP contribution in [0.4, 0.5) is 0 Å². The second-order valence-electron chi connectivity index (χ2n) is 5.86. The van der Waals surface area contributed by atoms with Crippen LogP contribution in [0.15, 0.2) is 0 Å². The van der Waals surface area contributed by atoms with Crippen molar-refractivity contribution in [3.8, 4) is 0 Å². The summed E-state index contributed by atoms with van der Waals surface area (Å²) < 4.78 is 0. The van der Waals surface area contributed by atoms with Crippen molar-refractivity contribution in [2.75, 3.05) is 33.2 Å². The Kier molecular flexibility index (Phi) is 4.95. The predicted octanol–water partition coefficient (Wildman–Crippen LogP) is 0.675. The Morgan fingerprint density at radius 1 is 1.53 bits per heavy atom. The quantitative estimate of drug-likeness (QED) is 0.744. The highest BCUT2D eigenvalue weighted by Gasteiger charge is 2.40. The third-order valence-electron chi connectivity index (χ3n) is 4.07. The van der Waals surface area contributed by atoms with Gasteiger partial charge in [-0.2, -0.15) is 0 Å². The monoisotopic (exact) mass is 241 g/mol. The van der Waals surface area contributed by atoms with Gasteiger partial charge in [0.1, 0.15) is 0 Å². The third kappa shape index (κ3) is 3.42. The molecule has 4 heteroatoms. The molecule has 1 aliphatic rings. The highest BCUT2D eigenvalue weighted by Crippen LogP contribution is 2.30. The Balaban J connectivity index is 2.53. The number of amides is 1. The average molecular weight is 241 g/mol. The lowest BCUT2D eigenvalue weighted by Gasteiger charge is -2.27. The van der Waals surface area contributed by atoms with Crippen molar-refractivity contribution in [2.24, 2.45) is 23.0 Å². The minimum absolute atomic E-state index is 0.161. The molecule has 4 nitrogen and oxygen atoms in total. The van der Waals surface area contributed by atoms with E-state index in [2.05, 4.69) is 31.0 Å². The Morgan fingerprint density at radius 3 is 2.65 bits per heavy atom. The van der Waals surface area contributed by atoms with Crippen LogP contribution >= 0.6 is 0 Å². The minimum Gasteiger partial charge on any atom is -0.359 e. The molecule has 0 aromatic rings. The van der Waals surface area contributed by atoms with E-state index in [0.29, 0.717) is 11.8 Å². The molecule has 0 saturated carbocycles. The molecule has 17 heavy (non-hydrogen) atoms. The van der Waals surface area contributed by atoms with Crippen LogP contribution in [-0.2, 0) is 4.79 Å². The lowest BCUT2D eigenvalue weighted by atomic mass is 9.89. The van der Waals surface area contributed by atoms with Gasteiger partial charge in [0.05, 0.1) is 5.41 Å². The molecule has 0 aliphatic carbocycles. The van der Waals surface area contributed by atoms with Crippen molar-refractivity contribution in [1.82, 2.24) is 10.2 Å². The molecule has 0 bridgehead atoms. The topological polar surface area (TPSA) is 58.4 Å². The van der Waals surface area contributed by atoms with E-state index in [1.807, 2.05) is 0 Å². The van der Waals surface area contributed by atoms with E-state index in [1.165, 1.54) is 0 Å². The van der Waals surface area contributed by atoms with E-state index < -0.39 is 0 Å². The maximum absolute atomic E-state index is 11.8. The van der Waals surface area contributed by atoms with Crippen molar-refractivity contribution in [2.45, 2.75) is 27.2 Å². The number of carbonyl (C=O) groups is 1. The summed E-state index contributed by atoms with van der Waals surface area (Å²) in [4.78, 5) is 14.2. The van der Waals surface area contributed by atoms with Gasteiger partial charge >= 0.3 is 0 Å². The third-order valence-corrected chi connectivity index (χ3v) is 4.07. The summed E-state index contributed by atoms with van der Waals surface area (Å²) in [6, 6.07) is 0. The molecule has 1 fully saturated rings. The number of carbonyl (C=O) groups excluding carboxylic acids is 1. The standard InChI is InChI=1S/C13H27N3O/c1-10(2)11(7-14)8-16-6-5-13(3,9-16)12(17)15-4/h10-11H,5-9,14H2,1-4H3,(H,15,17). The van der Waals surface area contributed by atoms with E-state index in [9.17, 15) is 4.79 Å². The molecule has 100 valence electrons. The first-order valence-corrected chi connectivity index (χ1v) is 6.57. The van der Waals surface area contributed by atoms with Gasteiger partial charge in [-0.25, -0.2) is 0 Å². The lowest BCUT2D eigenvalue weighted by molar-refractivity contribution is -0.129. The summed E-state index contributed by atoms with van der Waals surface area (Å²) in [5.74, 6) is 1.29. The van der Waals surface area contributed by atoms with Crippen LogP contribution in [0, 0.1) is 17.3 Å². The first kappa shape index (κ1) is 14.5. The van der Waals surface area contributed by atoms with Gasteiger partial charge in [0, 0.05) is 20.1 Å². The fourth-order valence-corrected chi connectivity index (χ4v) is 2.59. The summed E-state index contributed by atoms with van der Waals surface area (Å²) >= 11 is 0. The zero-order valence-electron chi connectivity index (χ0n) is 11.6. The molecule has 0 aromatic carbocycles. The molecular weight excluding hydrogens is 214 g/mol. The Bertz CT molecular complexity index is 267. The van der Waals surface area contributed by atoms with E-state index in [-0.39, 0.29) is 11.3 Å². The van der Waals surface area contributed by atoms with Gasteiger partial charge in [0.15, 0.2) is 0 Å². The molecule has 1 saturated heterocycles. The maximum atomic E-state index is 11.8.